The minimum atomic E-state index is -4.03. The van der Waals surface area contributed by atoms with E-state index < -0.39 is 19.7 Å². The number of fused-ring (bicyclic) bond motifs is 1. The summed E-state index contributed by atoms with van der Waals surface area (Å²) in [4.78, 5) is 21.6. The number of carboxylic acids is 1. The lowest BCUT2D eigenvalue weighted by atomic mass is 10.0. The van der Waals surface area contributed by atoms with Gasteiger partial charge in [0.2, 0.25) is 0 Å². The summed E-state index contributed by atoms with van der Waals surface area (Å²) in [6.07, 6.45) is -0.520. The Hall–Kier alpha value is -2.46. The monoisotopic (exact) mass is 384 g/mol. The lowest BCUT2D eigenvalue weighted by Gasteiger charge is -2.18. The third kappa shape index (κ3) is 5.27. The van der Waals surface area contributed by atoms with Crippen molar-refractivity contribution in [3.8, 4) is 0 Å². The highest BCUT2D eigenvalue weighted by Crippen LogP contribution is 2.47. The van der Waals surface area contributed by atoms with E-state index in [2.05, 4.69) is 6.07 Å². The summed E-state index contributed by atoms with van der Waals surface area (Å²) in [6.45, 7) is 0. The minimum absolute atomic E-state index is 0.101. The van der Waals surface area contributed by atoms with Crippen LogP contribution in [0.3, 0.4) is 0 Å². The highest BCUT2D eigenvalue weighted by Gasteiger charge is 2.30. The topological polar surface area (TPSA) is 83.8 Å². The maximum absolute atomic E-state index is 12.4. The van der Waals surface area contributed by atoms with Gasteiger partial charge >= 0.3 is 13.6 Å². The van der Waals surface area contributed by atoms with E-state index in [0.717, 1.165) is 16.3 Å². The lowest BCUT2D eigenvalue weighted by Crippen LogP contribution is -2.15. The van der Waals surface area contributed by atoms with Crippen LogP contribution >= 0.6 is 7.60 Å². The van der Waals surface area contributed by atoms with Crippen molar-refractivity contribution in [2.24, 2.45) is 0 Å². The molecule has 2 atom stereocenters. The van der Waals surface area contributed by atoms with Gasteiger partial charge in [-0.3, -0.25) is 9.09 Å². The second-order valence-electron chi connectivity index (χ2n) is 6.38. The molecule has 0 saturated carbocycles. The number of aliphatic carboxylic acids is 1. The average molecular weight is 384 g/mol. The van der Waals surface area contributed by atoms with Gasteiger partial charge in [0.1, 0.15) is 0 Å². The molecule has 0 spiro atoms. The Balaban J connectivity index is 1.61. The first kappa shape index (κ1) is 19.3. The lowest BCUT2D eigenvalue weighted by molar-refractivity contribution is -0.145. The summed E-state index contributed by atoms with van der Waals surface area (Å²) >= 11 is 0. The van der Waals surface area contributed by atoms with Crippen molar-refractivity contribution in [2.45, 2.75) is 18.9 Å². The standard InChI is InChI=1S/C21H21O5P/c22-21(23)20(18-9-2-1-3-10-18)26-27(24,25)14-6-7-16-12-13-17-8-4-5-11-19(17)15-16/h1-5,8-13,15,20H,6-7,14H2,(H,22,23)(H,24,25). The number of rotatable bonds is 8. The van der Waals surface area contributed by atoms with E-state index >= 15 is 0 Å². The Kier molecular flexibility index (Phi) is 6.07. The summed E-state index contributed by atoms with van der Waals surface area (Å²) in [5.74, 6) is -1.29. The molecule has 3 aromatic rings. The molecule has 5 nitrogen and oxygen atoms in total. The van der Waals surface area contributed by atoms with Crippen molar-refractivity contribution in [1.29, 1.82) is 0 Å². The van der Waals surface area contributed by atoms with Gasteiger partial charge in [0.25, 0.3) is 0 Å². The molecule has 0 heterocycles. The van der Waals surface area contributed by atoms with Crippen LogP contribution in [0.15, 0.2) is 72.8 Å². The zero-order valence-electron chi connectivity index (χ0n) is 14.7. The van der Waals surface area contributed by atoms with Crippen molar-refractivity contribution >= 4 is 24.3 Å². The quantitative estimate of drug-likeness (QED) is 0.545. The Morgan fingerprint density at radius 3 is 2.33 bits per heavy atom. The number of carbonyl (C=O) groups is 1. The predicted octanol–water partition coefficient (Wildman–Crippen LogP) is 4.80. The van der Waals surface area contributed by atoms with Gasteiger partial charge in [-0.2, -0.15) is 0 Å². The van der Waals surface area contributed by atoms with E-state index in [1.165, 1.54) is 0 Å². The molecule has 0 bridgehead atoms. The van der Waals surface area contributed by atoms with Gasteiger partial charge in [0, 0.05) is 0 Å². The van der Waals surface area contributed by atoms with Gasteiger partial charge in [-0.25, -0.2) is 4.79 Å². The van der Waals surface area contributed by atoms with Crippen molar-refractivity contribution < 1.29 is 23.9 Å². The summed E-state index contributed by atoms with van der Waals surface area (Å²) in [6, 6.07) is 22.3. The van der Waals surface area contributed by atoms with Crippen LogP contribution in [0.2, 0.25) is 0 Å². The molecule has 2 unspecified atom stereocenters. The smallest absolute Gasteiger partial charge is 0.338 e. The van der Waals surface area contributed by atoms with E-state index in [0.29, 0.717) is 18.4 Å². The largest absolute Gasteiger partial charge is 0.479 e. The van der Waals surface area contributed by atoms with E-state index in [9.17, 15) is 19.4 Å². The van der Waals surface area contributed by atoms with Gasteiger partial charge in [-0.05, 0) is 34.7 Å². The molecular formula is C21H21O5P. The highest BCUT2D eigenvalue weighted by atomic mass is 31.2. The first-order valence-electron chi connectivity index (χ1n) is 8.70. The number of hydrogen-bond donors (Lipinski definition) is 2. The molecule has 0 aliphatic rings. The number of carboxylic acid groups (broad SMARTS) is 1. The van der Waals surface area contributed by atoms with Crippen LogP contribution in [0.4, 0.5) is 0 Å². The Bertz CT molecular complexity index is 970. The van der Waals surface area contributed by atoms with E-state index in [-0.39, 0.29) is 6.16 Å². The number of hydrogen-bond acceptors (Lipinski definition) is 3. The highest BCUT2D eigenvalue weighted by molar-refractivity contribution is 7.52. The molecule has 140 valence electrons. The van der Waals surface area contributed by atoms with Crippen LogP contribution < -0.4 is 0 Å². The molecule has 0 amide bonds. The summed E-state index contributed by atoms with van der Waals surface area (Å²) < 4.78 is 17.5. The predicted molar refractivity (Wildman–Crippen MR) is 105 cm³/mol. The normalized spacial score (nSPS) is 14.6. The number of benzene rings is 3. The third-order valence-corrected chi connectivity index (χ3v) is 5.74. The van der Waals surface area contributed by atoms with Crippen molar-refractivity contribution in [2.75, 3.05) is 6.16 Å². The molecule has 3 rings (SSSR count). The van der Waals surface area contributed by atoms with Crippen LogP contribution in [0.1, 0.15) is 23.7 Å². The molecule has 0 saturated heterocycles. The maximum Gasteiger partial charge on any atom is 0.338 e. The molecule has 6 heteroatoms. The second kappa shape index (κ2) is 8.49. The van der Waals surface area contributed by atoms with Crippen molar-refractivity contribution in [3.63, 3.8) is 0 Å². The van der Waals surface area contributed by atoms with Gasteiger partial charge in [0.05, 0.1) is 6.16 Å². The molecule has 0 aliphatic heterocycles. The molecule has 2 N–H and O–H groups in total. The molecule has 0 fully saturated rings. The fourth-order valence-corrected chi connectivity index (χ4v) is 4.18. The van der Waals surface area contributed by atoms with Crippen molar-refractivity contribution in [3.05, 3.63) is 83.9 Å². The third-order valence-electron chi connectivity index (χ3n) is 4.32. The minimum Gasteiger partial charge on any atom is -0.479 e. The Labute approximate surface area is 157 Å². The Morgan fingerprint density at radius 1 is 0.963 bits per heavy atom. The molecule has 0 aromatic heterocycles. The van der Waals surface area contributed by atoms with Crippen LogP contribution in [0, 0.1) is 0 Å². The SMILES string of the molecule is O=C(O)C(OP(=O)(O)CCCc1ccc2ccccc2c1)c1ccccc1. The van der Waals surface area contributed by atoms with Crippen LogP contribution in [-0.4, -0.2) is 22.1 Å². The van der Waals surface area contributed by atoms with Crippen LogP contribution in [0.25, 0.3) is 10.8 Å². The van der Waals surface area contributed by atoms with Crippen LogP contribution in [-0.2, 0) is 20.3 Å². The average Bonchev–Trinajstić information content (AvgIpc) is 2.66. The van der Waals surface area contributed by atoms with Crippen molar-refractivity contribution in [1.82, 2.24) is 0 Å². The van der Waals surface area contributed by atoms with Gasteiger partial charge in [-0.1, -0.05) is 72.8 Å². The second-order valence-corrected chi connectivity index (χ2v) is 8.31. The first-order chi connectivity index (χ1) is 12.9. The molecule has 3 aromatic carbocycles. The fourth-order valence-electron chi connectivity index (χ4n) is 2.97. The zero-order chi connectivity index (χ0) is 19.3. The molecule has 0 aliphatic carbocycles. The number of aryl methyl sites for hydroxylation is 1. The van der Waals surface area contributed by atoms with Gasteiger partial charge in [-0.15, -0.1) is 0 Å². The molecule has 27 heavy (non-hydrogen) atoms. The van der Waals surface area contributed by atoms with E-state index in [1.54, 1.807) is 30.3 Å². The van der Waals surface area contributed by atoms with Gasteiger partial charge in [0.15, 0.2) is 6.10 Å². The first-order valence-corrected chi connectivity index (χ1v) is 10.5. The van der Waals surface area contributed by atoms with E-state index in [1.807, 2.05) is 36.4 Å². The summed E-state index contributed by atoms with van der Waals surface area (Å²) in [7, 11) is -4.03. The zero-order valence-corrected chi connectivity index (χ0v) is 15.6. The van der Waals surface area contributed by atoms with Crippen LogP contribution in [0.5, 0.6) is 0 Å². The van der Waals surface area contributed by atoms with E-state index in [4.69, 9.17) is 4.52 Å². The molecule has 0 radical (unpaired) electrons. The summed E-state index contributed by atoms with van der Waals surface area (Å²) in [5.41, 5.74) is 1.40. The Morgan fingerprint density at radius 2 is 1.63 bits per heavy atom. The fraction of sp³-hybridized carbons (Fsp3) is 0.190. The summed E-state index contributed by atoms with van der Waals surface area (Å²) in [5, 5.41) is 11.6. The van der Waals surface area contributed by atoms with Gasteiger partial charge < -0.3 is 10.00 Å². The molecular weight excluding hydrogens is 363 g/mol. The maximum atomic E-state index is 12.4.